The fourth-order valence-corrected chi connectivity index (χ4v) is 1.58. The number of nitriles is 1. The van der Waals surface area contributed by atoms with Gasteiger partial charge in [0.1, 0.15) is 11.5 Å². The number of amides is 1. The number of carbonyl (C=O) groups excluding carboxylic acids is 2. The number of carbonyl (C=O) groups is 2. The summed E-state index contributed by atoms with van der Waals surface area (Å²) in [6.45, 7) is 7.27. The fraction of sp³-hybridized carbons (Fsp3) is 0.438. The summed E-state index contributed by atoms with van der Waals surface area (Å²) in [5.74, 6) is -0.861. The third kappa shape index (κ3) is 5.65. The number of nitrogens with one attached hydrogen (secondary N) is 1. The van der Waals surface area contributed by atoms with Gasteiger partial charge in [0, 0.05) is 12.1 Å². The van der Waals surface area contributed by atoms with Crippen molar-refractivity contribution >= 4 is 11.9 Å². The maximum atomic E-state index is 11.8. The number of hydrogen-bond acceptors (Lipinski definition) is 4. The van der Waals surface area contributed by atoms with Crippen molar-refractivity contribution in [2.24, 2.45) is 5.92 Å². The molecule has 0 unspecified atom stereocenters. The molecule has 1 amide bonds. The zero-order chi connectivity index (χ0) is 16.0. The Hall–Kier alpha value is -2.35. The molecule has 0 saturated carbocycles. The summed E-state index contributed by atoms with van der Waals surface area (Å²) < 4.78 is 5.13. The van der Waals surface area contributed by atoms with E-state index in [-0.39, 0.29) is 5.78 Å². The first-order valence-corrected chi connectivity index (χ1v) is 6.72. The molecule has 5 heteroatoms. The van der Waals surface area contributed by atoms with Crippen LogP contribution in [0.2, 0.25) is 0 Å². The van der Waals surface area contributed by atoms with Gasteiger partial charge in [0.05, 0.1) is 6.07 Å². The molecule has 1 aromatic rings. The monoisotopic (exact) mass is 288 g/mol. The highest BCUT2D eigenvalue weighted by Crippen LogP contribution is 2.11. The van der Waals surface area contributed by atoms with Crippen LogP contribution in [0.4, 0.5) is 4.79 Å². The number of rotatable bonds is 4. The van der Waals surface area contributed by atoms with E-state index >= 15 is 0 Å². The van der Waals surface area contributed by atoms with Crippen LogP contribution >= 0.6 is 0 Å². The first-order valence-electron chi connectivity index (χ1n) is 6.72. The van der Waals surface area contributed by atoms with Crippen molar-refractivity contribution in [2.75, 3.05) is 0 Å². The van der Waals surface area contributed by atoms with Gasteiger partial charge >= 0.3 is 6.09 Å². The molecule has 1 atom stereocenters. The Balaban J connectivity index is 2.58. The average Bonchev–Trinajstić information content (AvgIpc) is 2.42. The van der Waals surface area contributed by atoms with Gasteiger partial charge in [0.15, 0.2) is 5.78 Å². The zero-order valence-corrected chi connectivity index (χ0v) is 12.8. The minimum atomic E-state index is -0.657. The van der Waals surface area contributed by atoms with E-state index in [0.717, 1.165) is 5.56 Å². The average molecular weight is 288 g/mol. The maximum absolute atomic E-state index is 11.8. The largest absolute Gasteiger partial charge is 0.444 e. The van der Waals surface area contributed by atoms with Crippen LogP contribution in [-0.4, -0.2) is 17.5 Å². The second-order valence-corrected chi connectivity index (χ2v) is 5.77. The summed E-state index contributed by atoms with van der Waals surface area (Å²) in [7, 11) is 0. The molecule has 21 heavy (non-hydrogen) atoms. The van der Waals surface area contributed by atoms with E-state index in [1.807, 2.05) is 6.07 Å². The molecule has 0 aliphatic heterocycles. The smallest absolute Gasteiger partial charge is 0.407 e. The Bertz CT molecular complexity index is 550. The van der Waals surface area contributed by atoms with Crippen molar-refractivity contribution in [1.29, 1.82) is 5.26 Å². The molecule has 0 radical (unpaired) electrons. The van der Waals surface area contributed by atoms with Crippen LogP contribution < -0.4 is 5.32 Å². The molecule has 0 aliphatic carbocycles. The predicted molar refractivity (Wildman–Crippen MR) is 78.6 cm³/mol. The van der Waals surface area contributed by atoms with Crippen molar-refractivity contribution in [3.8, 4) is 6.07 Å². The molecule has 0 saturated heterocycles. The summed E-state index contributed by atoms with van der Waals surface area (Å²) in [5.41, 5.74) is 0.806. The highest BCUT2D eigenvalue weighted by molar-refractivity contribution is 5.99. The van der Waals surface area contributed by atoms with Gasteiger partial charge in [-0.25, -0.2) is 4.79 Å². The second-order valence-electron chi connectivity index (χ2n) is 5.77. The van der Waals surface area contributed by atoms with E-state index in [2.05, 4.69) is 5.32 Å². The fourth-order valence-electron chi connectivity index (χ4n) is 1.58. The summed E-state index contributed by atoms with van der Waals surface area (Å²) >= 11 is 0. The maximum Gasteiger partial charge on any atom is 0.407 e. The van der Waals surface area contributed by atoms with Crippen LogP contribution in [-0.2, 0) is 11.3 Å². The molecule has 0 bridgehead atoms. The summed E-state index contributed by atoms with van der Waals surface area (Å²) in [6.07, 6.45) is -0.485. The Morgan fingerprint density at radius 1 is 1.29 bits per heavy atom. The Labute approximate surface area is 124 Å². The Morgan fingerprint density at radius 2 is 1.86 bits per heavy atom. The highest BCUT2D eigenvalue weighted by atomic mass is 16.6. The van der Waals surface area contributed by atoms with E-state index in [1.165, 1.54) is 0 Å². The molecular formula is C16H20N2O3. The zero-order valence-electron chi connectivity index (χ0n) is 12.8. The van der Waals surface area contributed by atoms with Crippen LogP contribution in [0.1, 0.15) is 43.6 Å². The standard InChI is InChI=1S/C16H20N2O3/c1-11(9-17)14(19)13-7-5-12(6-8-13)10-18-15(20)21-16(2,3)4/h5-8,11H,10H2,1-4H3,(H,18,20)/t11-/m1/s1. The number of ketones is 1. The van der Waals surface area contributed by atoms with Crippen LogP contribution in [0.25, 0.3) is 0 Å². The first kappa shape index (κ1) is 16.7. The van der Waals surface area contributed by atoms with Crippen molar-refractivity contribution in [3.63, 3.8) is 0 Å². The van der Waals surface area contributed by atoms with E-state index in [0.29, 0.717) is 12.1 Å². The number of hydrogen-bond donors (Lipinski definition) is 1. The molecule has 112 valence electrons. The van der Waals surface area contributed by atoms with Crippen LogP contribution in [0.5, 0.6) is 0 Å². The molecule has 5 nitrogen and oxygen atoms in total. The normalized spacial score (nSPS) is 12.1. The third-order valence-corrected chi connectivity index (χ3v) is 2.66. The lowest BCUT2D eigenvalue weighted by molar-refractivity contribution is 0.0523. The molecule has 0 aliphatic rings. The first-order chi connectivity index (χ1) is 9.73. The van der Waals surface area contributed by atoms with Crippen molar-refractivity contribution < 1.29 is 14.3 Å². The lowest BCUT2D eigenvalue weighted by Crippen LogP contribution is -2.32. The summed E-state index contributed by atoms with van der Waals surface area (Å²) in [4.78, 5) is 23.3. The van der Waals surface area contributed by atoms with E-state index in [9.17, 15) is 9.59 Å². The van der Waals surface area contributed by atoms with Gasteiger partial charge in [-0.15, -0.1) is 0 Å². The third-order valence-electron chi connectivity index (χ3n) is 2.66. The minimum absolute atomic E-state index is 0.204. The van der Waals surface area contributed by atoms with Gasteiger partial charge in [-0.3, -0.25) is 4.79 Å². The topological polar surface area (TPSA) is 79.2 Å². The molecular weight excluding hydrogens is 268 g/mol. The number of nitrogens with zero attached hydrogens (tertiary/aromatic N) is 1. The quantitative estimate of drug-likeness (QED) is 0.863. The summed E-state index contributed by atoms with van der Waals surface area (Å²) in [6, 6.07) is 8.72. The van der Waals surface area contributed by atoms with Crippen molar-refractivity contribution in [2.45, 2.75) is 39.8 Å². The van der Waals surface area contributed by atoms with Gasteiger partial charge in [-0.05, 0) is 33.3 Å². The molecule has 0 fully saturated rings. The lowest BCUT2D eigenvalue weighted by Gasteiger charge is -2.19. The molecule has 0 aromatic heterocycles. The molecule has 0 heterocycles. The van der Waals surface area contributed by atoms with Crippen molar-refractivity contribution in [3.05, 3.63) is 35.4 Å². The molecule has 1 aromatic carbocycles. The number of ether oxygens (including phenoxy) is 1. The van der Waals surface area contributed by atoms with Gasteiger partial charge in [0.25, 0.3) is 0 Å². The van der Waals surface area contributed by atoms with Gasteiger partial charge in [0.2, 0.25) is 0 Å². The molecule has 1 rings (SSSR count). The van der Waals surface area contributed by atoms with E-state index in [4.69, 9.17) is 10.00 Å². The second kappa shape index (κ2) is 6.89. The number of alkyl carbamates (subject to hydrolysis) is 1. The Morgan fingerprint density at radius 3 is 2.33 bits per heavy atom. The summed E-state index contributed by atoms with van der Waals surface area (Å²) in [5, 5.41) is 11.4. The number of benzene rings is 1. The number of Topliss-reactive ketones (excluding diaryl/α,β-unsaturated/α-hetero) is 1. The Kier molecular flexibility index (Phi) is 5.48. The lowest BCUT2D eigenvalue weighted by atomic mass is 10.00. The van der Waals surface area contributed by atoms with Crippen LogP contribution in [0, 0.1) is 17.2 Å². The highest BCUT2D eigenvalue weighted by Gasteiger charge is 2.16. The van der Waals surface area contributed by atoms with E-state index in [1.54, 1.807) is 52.0 Å². The molecule has 0 spiro atoms. The van der Waals surface area contributed by atoms with Gasteiger partial charge in [-0.2, -0.15) is 5.26 Å². The van der Waals surface area contributed by atoms with E-state index < -0.39 is 17.6 Å². The van der Waals surface area contributed by atoms with Crippen LogP contribution in [0.3, 0.4) is 0 Å². The van der Waals surface area contributed by atoms with Crippen molar-refractivity contribution in [1.82, 2.24) is 5.32 Å². The van der Waals surface area contributed by atoms with Gasteiger partial charge in [-0.1, -0.05) is 24.3 Å². The van der Waals surface area contributed by atoms with Gasteiger partial charge < -0.3 is 10.1 Å². The molecule has 1 N–H and O–H groups in total. The SMILES string of the molecule is C[C@H](C#N)C(=O)c1ccc(CNC(=O)OC(C)(C)C)cc1. The minimum Gasteiger partial charge on any atom is -0.444 e. The van der Waals surface area contributed by atoms with Crippen LogP contribution in [0.15, 0.2) is 24.3 Å². The predicted octanol–water partition coefficient (Wildman–Crippen LogP) is 3.05.